The summed E-state index contributed by atoms with van der Waals surface area (Å²) in [4.78, 5) is 0. The van der Waals surface area contributed by atoms with Gasteiger partial charge in [-0.2, -0.15) is 17.4 Å². The number of hydrogen-bond donors (Lipinski definition) is 2. The molecule has 1 aliphatic rings. The summed E-state index contributed by atoms with van der Waals surface area (Å²) in [5, 5.41) is 3.37. The van der Waals surface area contributed by atoms with E-state index in [1.807, 2.05) is 13.8 Å². The third-order valence-corrected chi connectivity index (χ3v) is 4.48. The van der Waals surface area contributed by atoms with E-state index in [0.717, 1.165) is 13.0 Å². The van der Waals surface area contributed by atoms with Crippen molar-refractivity contribution in [1.82, 2.24) is 14.3 Å². The summed E-state index contributed by atoms with van der Waals surface area (Å²) in [7, 11) is -1.77. The zero-order valence-electron chi connectivity index (χ0n) is 12.2. The fraction of sp³-hybridized carbons (Fsp3) is 1.00. The second kappa shape index (κ2) is 8.16. The average molecular weight is 293 g/mol. The Labute approximate surface area is 117 Å². The van der Waals surface area contributed by atoms with E-state index in [4.69, 9.17) is 4.74 Å². The van der Waals surface area contributed by atoms with Crippen LogP contribution < -0.4 is 10.0 Å². The van der Waals surface area contributed by atoms with Crippen molar-refractivity contribution >= 4 is 10.2 Å². The first-order valence-electron chi connectivity index (χ1n) is 6.97. The lowest BCUT2D eigenvalue weighted by molar-refractivity contribution is 0.0832. The highest BCUT2D eigenvalue weighted by molar-refractivity contribution is 7.87. The van der Waals surface area contributed by atoms with Gasteiger partial charge in [-0.15, -0.1) is 0 Å². The molecule has 1 fully saturated rings. The molecule has 1 rings (SSSR count). The van der Waals surface area contributed by atoms with Crippen molar-refractivity contribution in [2.75, 3.05) is 33.3 Å². The highest BCUT2D eigenvalue weighted by atomic mass is 32.2. The van der Waals surface area contributed by atoms with Crippen molar-refractivity contribution in [3.05, 3.63) is 0 Å². The van der Waals surface area contributed by atoms with Crippen LogP contribution in [0, 0.1) is 0 Å². The molecule has 0 amide bonds. The third kappa shape index (κ3) is 7.84. The Balaban J connectivity index is 2.10. The standard InChI is InChI=1S/C12H27N3O3S/c1-11(2)18-10-8-14-19(16,17)15(3)9-4-7-13-12-5-6-12/h11-14H,4-10H2,1-3H3. The second-order valence-electron chi connectivity index (χ2n) is 5.22. The summed E-state index contributed by atoms with van der Waals surface area (Å²) in [6.45, 7) is 5.96. The Morgan fingerprint density at radius 2 is 2.00 bits per heavy atom. The van der Waals surface area contributed by atoms with Crippen LogP contribution in [-0.4, -0.2) is 58.2 Å². The lowest BCUT2D eigenvalue weighted by Crippen LogP contribution is -2.40. The van der Waals surface area contributed by atoms with Crippen molar-refractivity contribution in [3.63, 3.8) is 0 Å². The molecule has 0 unspecified atom stereocenters. The van der Waals surface area contributed by atoms with E-state index in [0.29, 0.717) is 25.7 Å². The van der Waals surface area contributed by atoms with Gasteiger partial charge in [0.1, 0.15) is 0 Å². The van der Waals surface area contributed by atoms with Gasteiger partial charge in [-0.1, -0.05) is 0 Å². The van der Waals surface area contributed by atoms with Crippen LogP contribution in [0.25, 0.3) is 0 Å². The summed E-state index contributed by atoms with van der Waals surface area (Å²) in [5.41, 5.74) is 0. The topological polar surface area (TPSA) is 70.7 Å². The normalized spacial score (nSPS) is 16.5. The molecule has 0 bridgehead atoms. The number of ether oxygens (including phenoxy) is 1. The van der Waals surface area contributed by atoms with Crippen LogP contribution in [0.5, 0.6) is 0 Å². The smallest absolute Gasteiger partial charge is 0.279 e. The van der Waals surface area contributed by atoms with Gasteiger partial charge in [-0.3, -0.25) is 0 Å². The quantitative estimate of drug-likeness (QED) is 0.538. The van der Waals surface area contributed by atoms with Gasteiger partial charge < -0.3 is 10.1 Å². The molecule has 0 saturated heterocycles. The highest BCUT2D eigenvalue weighted by Crippen LogP contribution is 2.18. The van der Waals surface area contributed by atoms with E-state index in [9.17, 15) is 8.42 Å². The van der Waals surface area contributed by atoms with Gasteiger partial charge in [-0.25, -0.2) is 0 Å². The monoisotopic (exact) mass is 293 g/mol. The maximum Gasteiger partial charge on any atom is 0.279 e. The third-order valence-electron chi connectivity index (χ3n) is 2.91. The van der Waals surface area contributed by atoms with Crippen LogP contribution in [0.4, 0.5) is 0 Å². The molecule has 7 heteroatoms. The van der Waals surface area contributed by atoms with Crippen molar-refractivity contribution in [1.29, 1.82) is 0 Å². The van der Waals surface area contributed by atoms with Crippen molar-refractivity contribution < 1.29 is 13.2 Å². The maximum absolute atomic E-state index is 11.9. The number of nitrogens with zero attached hydrogens (tertiary/aromatic N) is 1. The first-order valence-corrected chi connectivity index (χ1v) is 8.41. The number of nitrogens with one attached hydrogen (secondary N) is 2. The SMILES string of the molecule is CC(C)OCCNS(=O)(=O)N(C)CCCNC1CC1. The molecule has 1 saturated carbocycles. The summed E-state index contributed by atoms with van der Waals surface area (Å²) in [5.74, 6) is 0. The van der Waals surface area contributed by atoms with Gasteiger partial charge in [0.2, 0.25) is 0 Å². The predicted octanol–water partition coefficient (Wildman–Crippen LogP) is 0.320. The first-order chi connectivity index (χ1) is 8.92. The maximum atomic E-state index is 11.9. The second-order valence-corrected chi connectivity index (χ2v) is 7.08. The molecule has 2 N–H and O–H groups in total. The van der Waals surface area contributed by atoms with Crippen LogP contribution in [0.2, 0.25) is 0 Å². The molecule has 1 aliphatic carbocycles. The summed E-state index contributed by atoms with van der Waals surface area (Å²) >= 11 is 0. The summed E-state index contributed by atoms with van der Waals surface area (Å²) in [6.07, 6.45) is 3.46. The minimum atomic E-state index is -3.37. The minimum absolute atomic E-state index is 0.121. The van der Waals surface area contributed by atoms with Gasteiger partial charge in [-0.05, 0) is 39.7 Å². The van der Waals surface area contributed by atoms with E-state index in [1.165, 1.54) is 17.1 Å². The fourth-order valence-corrected chi connectivity index (χ4v) is 2.52. The van der Waals surface area contributed by atoms with E-state index < -0.39 is 10.2 Å². The summed E-state index contributed by atoms with van der Waals surface area (Å²) in [6, 6.07) is 0.674. The number of hydrogen-bond acceptors (Lipinski definition) is 4. The van der Waals surface area contributed by atoms with Crippen LogP contribution in [0.15, 0.2) is 0 Å². The number of rotatable bonds is 11. The van der Waals surface area contributed by atoms with Gasteiger partial charge in [0.25, 0.3) is 10.2 Å². The van der Waals surface area contributed by atoms with E-state index in [2.05, 4.69) is 10.0 Å². The molecule has 0 aromatic heterocycles. The van der Waals surface area contributed by atoms with Crippen molar-refractivity contribution in [2.45, 2.75) is 45.3 Å². The Morgan fingerprint density at radius 3 is 2.58 bits per heavy atom. The Kier molecular flexibility index (Phi) is 7.23. The Morgan fingerprint density at radius 1 is 1.32 bits per heavy atom. The minimum Gasteiger partial charge on any atom is -0.377 e. The van der Waals surface area contributed by atoms with Gasteiger partial charge in [0.15, 0.2) is 0 Å². The average Bonchev–Trinajstić information content (AvgIpc) is 3.13. The largest absolute Gasteiger partial charge is 0.377 e. The lowest BCUT2D eigenvalue weighted by Gasteiger charge is -2.18. The van der Waals surface area contributed by atoms with Gasteiger partial charge in [0.05, 0.1) is 12.7 Å². The molecule has 0 heterocycles. The predicted molar refractivity (Wildman–Crippen MR) is 76.3 cm³/mol. The molecule has 19 heavy (non-hydrogen) atoms. The van der Waals surface area contributed by atoms with Crippen LogP contribution >= 0.6 is 0 Å². The molecule has 0 aromatic carbocycles. The lowest BCUT2D eigenvalue weighted by atomic mass is 10.4. The molecule has 114 valence electrons. The van der Waals surface area contributed by atoms with Gasteiger partial charge in [0, 0.05) is 26.2 Å². The van der Waals surface area contributed by atoms with E-state index in [1.54, 1.807) is 7.05 Å². The highest BCUT2D eigenvalue weighted by Gasteiger charge is 2.20. The van der Waals surface area contributed by atoms with E-state index >= 15 is 0 Å². The van der Waals surface area contributed by atoms with Crippen LogP contribution in [0.1, 0.15) is 33.1 Å². The molecule has 0 aliphatic heterocycles. The Bertz CT molecular complexity index is 342. The molecule has 6 nitrogen and oxygen atoms in total. The van der Waals surface area contributed by atoms with Crippen LogP contribution in [0.3, 0.4) is 0 Å². The van der Waals surface area contributed by atoms with Crippen molar-refractivity contribution in [3.8, 4) is 0 Å². The van der Waals surface area contributed by atoms with Gasteiger partial charge >= 0.3 is 0 Å². The van der Waals surface area contributed by atoms with Crippen molar-refractivity contribution in [2.24, 2.45) is 0 Å². The zero-order chi connectivity index (χ0) is 14.3. The molecule has 0 spiro atoms. The van der Waals surface area contributed by atoms with E-state index in [-0.39, 0.29) is 6.10 Å². The molecule has 0 aromatic rings. The van der Waals surface area contributed by atoms with Crippen LogP contribution in [-0.2, 0) is 14.9 Å². The molecule has 0 atom stereocenters. The molecular formula is C12H27N3O3S. The first kappa shape index (κ1) is 16.8. The molecular weight excluding hydrogens is 266 g/mol. The molecule has 0 radical (unpaired) electrons. The summed E-state index contributed by atoms with van der Waals surface area (Å²) < 4.78 is 32.9. The zero-order valence-corrected chi connectivity index (χ0v) is 13.0. The Hall–Kier alpha value is -0.210. The fourth-order valence-electron chi connectivity index (χ4n) is 1.59.